The van der Waals surface area contributed by atoms with Crippen molar-refractivity contribution in [3.63, 3.8) is 0 Å². The molecule has 0 rings (SSSR count). The van der Waals surface area contributed by atoms with Crippen LogP contribution in [0.3, 0.4) is 0 Å². The van der Waals surface area contributed by atoms with Gasteiger partial charge in [-0.1, -0.05) is 104 Å². The smallest absolute Gasteiger partial charge is 0.306 e. The number of nitrogens with zero attached hydrogens (tertiary/aromatic N) is 2. The van der Waals surface area contributed by atoms with E-state index in [2.05, 4.69) is 18.7 Å². The van der Waals surface area contributed by atoms with Crippen molar-refractivity contribution in [2.75, 3.05) is 46.9 Å². The van der Waals surface area contributed by atoms with Gasteiger partial charge in [0.2, 0.25) is 5.91 Å². The summed E-state index contributed by atoms with van der Waals surface area (Å²) in [5, 5.41) is 0. The number of amides is 1. The molecule has 0 unspecified atom stereocenters. The molecule has 0 atom stereocenters. The van der Waals surface area contributed by atoms with Crippen molar-refractivity contribution < 1.29 is 41.4 Å². The molecule has 0 aromatic heterocycles. The highest BCUT2D eigenvalue weighted by molar-refractivity contribution is 5.76. The molecule has 1 amide bonds. The third kappa shape index (κ3) is 35.7. The third-order valence-electron chi connectivity index (χ3n) is 9.60. The van der Waals surface area contributed by atoms with E-state index in [0.29, 0.717) is 45.2 Å². The maximum atomic E-state index is 13.9. The summed E-state index contributed by atoms with van der Waals surface area (Å²) in [7, 11) is 3.99. The molecule has 0 aromatic rings. The van der Waals surface area contributed by atoms with Crippen LogP contribution in [0.15, 0.2) is 24.3 Å². The zero-order valence-corrected chi connectivity index (χ0v) is 35.2. The second-order valence-corrected chi connectivity index (χ2v) is 15.3. The van der Waals surface area contributed by atoms with Crippen LogP contribution in [0.1, 0.15) is 181 Å². The van der Waals surface area contributed by atoms with E-state index in [9.17, 15) is 31.9 Å². The monoisotopic (exact) mass is 791 g/mol. The molecule has 0 aromatic carbocycles. The fraction of sp³-hybridized carbons (Fsp3) is 0.841. The first kappa shape index (κ1) is 52.6. The lowest BCUT2D eigenvalue weighted by atomic mass is 10.1. The molecule has 0 saturated heterocycles. The minimum atomic E-state index is -2.87. The van der Waals surface area contributed by atoms with Gasteiger partial charge in [-0.05, 0) is 89.9 Å². The predicted octanol–water partition coefficient (Wildman–Crippen LogP) is 12.0. The van der Waals surface area contributed by atoms with E-state index in [4.69, 9.17) is 9.47 Å². The molecule has 0 aliphatic heterocycles. The molecule has 11 heteroatoms. The van der Waals surface area contributed by atoms with E-state index in [1.54, 1.807) is 0 Å². The van der Waals surface area contributed by atoms with Gasteiger partial charge >= 0.3 is 11.9 Å². The summed E-state index contributed by atoms with van der Waals surface area (Å²) in [6.07, 6.45) is 23.1. The first-order chi connectivity index (χ1) is 26.3. The van der Waals surface area contributed by atoms with Gasteiger partial charge in [0.05, 0.1) is 0 Å². The van der Waals surface area contributed by atoms with E-state index in [0.717, 1.165) is 128 Å². The Kier molecular flexibility index (Phi) is 33.3. The van der Waals surface area contributed by atoms with Gasteiger partial charge in [-0.15, -0.1) is 0 Å². The van der Waals surface area contributed by atoms with Crippen molar-refractivity contribution in [1.29, 1.82) is 0 Å². The summed E-state index contributed by atoms with van der Waals surface area (Å²) in [4.78, 5) is 41.1. The maximum absolute atomic E-state index is 13.9. The number of carbonyl (C=O) groups is 3. The van der Waals surface area contributed by atoms with Crippen molar-refractivity contribution in [2.45, 2.75) is 193 Å². The predicted molar refractivity (Wildman–Crippen MR) is 217 cm³/mol. The molecule has 0 bridgehead atoms. The number of hydrogen-bond acceptors (Lipinski definition) is 6. The molecule has 0 saturated carbocycles. The highest BCUT2D eigenvalue weighted by atomic mass is 19.3. The van der Waals surface area contributed by atoms with Crippen molar-refractivity contribution >= 4 is 17.8 Å². The van der Waals surface area contributed by atoms with Gasteiger partial charge in [0.1, 0.15) is 13.2 Å². The molecule has 0 aliphatic carbocycles. The number of rotatable bonds is 38. The molecule has 7 nitrogen and oxygen atoms in total. The highest BCUT2D eigenvalue weighted by Crippen LogP contribution is 2.25. The Hall–Kier alpha value is -2.43. The Morgan fingerprint density at radius 2 is 0.873 bits per heavy atom. The lowest BCUT2D eigenvalue weighted by molar-refractivity contribution is -0.143. The largest absolute Gasteiger partial charge is 0.461 e. The molecule has 0 radical (unpaired) electrons. The maximum Gasteiger partial charge on any atom is 0.306 e. The highest BCUT2D eigenvalue weighted by Gasteiger charge is 2.24. The van der Waals surface area contributed by atoms with Gasteiger partial charge in [0.25, 0.3) is 11.8 Å². The number of carbonyl (C=O) groups excluding carboxylic acids is 3. The van der Waals surface area contributed by atoms with E-state index < -0.39 is 11.8 Å². The van der Waals surface area contributed by atoms with Crippen LogP contribution in [-0.4, -0.2) is 86.4 Å². The molecule has 0 spiro atoms. The van der Waals surface area contributed by atoms with E-state index in [1.165, 1.54) is 12.2 Å². The van der Waals surface area contributed by atoms with E-state index in [-0.39, 0.29) is 56.7 Å². The molecule has 0 fully saturated rings. The van der Waals surface area contributed by atoms with Crippen LogP contribution in [0.2, 0.25) is 0 Å². The summed E-state index contributed by atoms with van der Waals surface area (Å²) in [5.74, 6) is -6.32. The number of alkyl halides is 4. The molecule has 0 aliphatic rings. The fourth-order valence-corrected chi connectivity index (χ4v) is 6.23. The quantitative estimate of drug-likeness (QED) is 0.0268. The molecule has 0 N–H and O–H groups in total. The zero-order chi connectivity index (χ0) is 41.0. The minimum Gasteiger partial charge on any atom is -0.461 e. The minimum absolute atomic E-state index is 0.137. The first-order valence-corrected chi connectivity index (χ1v) is 21.7. The number of halogens is 4. The Morgan fingerprint density at radius 1 is 0.491 bits per heavy atom. The summed E-state index contributed by atoms with van der Waals surface area (Å²) in [6, 6.07) is 0. The molecule has 322 valence electrons. The lowest BCUT2D eigenvalue weighted by Crippen LogP contribution is -2.33. The summed E-state index contributed by atoms with van der Waals surface area (Å²) < 4.78 is 66.0. The number of hydrogen-bond donors (Lipinski definition) is 0. The molecular weight excluding hydrogens is 712 g/mol. The van der Waals surface area contributed by atoms with E-state index >= 15 is 0 Å². The second-order valence-electron chi connectivity index (χ2n) is 15.3. The Labute approximate surface area is 332 Å². The van der Waals surface area contributed by atoms with Gasteiger partial charge in [-0.2, -0.15) is 0 Å². The van der Waals surface area contributed by atoms with Crippen LogP contribution in [0, 0.1) is 0 Å². The second kappa shape index (κ2) is 34.8. The van der Waals surface area contributed by atoms with Crippen LogP contribution < -0.4 is 0 Å². The summed E-state index contributed by atoms with van der Waals surface area (Å²) in [6.45, 7) is 6.16. The van der Waals surface area contributed by atoms with Crippen molar-refractivity contribution in [3.8, 4) is 0 Å². The number of unbranched alkanes of at least 4 members (excludes halogenated alkanes) is 16. The molecular formula is C44H78F4N2O5. The van der Waals surface area contributed by atoms with Gasteiger partial charge in [-0.25, -0.2) is 17.6 Å². The average Bonchev–Trinajstić information content (AvgIpc) is 3.13. The van der Waals surface area contributed by atoms with Crippen LogP contribution in [0.5, 0.6) is 0 Å². The Bertz CT molecular complexity index is 956. The van der Waals surface area contributed by atoms with Crippen molar-refractivity contribution in [1.82, 2.24) is 9.80 Å². The third-order valence-corrected chi connectivity index (χ3v) is 9.60. The van der Waals surface area contributed by atoms with Crippen molar-refractivity contribution in [3.05, 3.63) is 24.3 Å². The number of esters is 2. The van der Waals surface area contributed by atoms with Crippen LogP contribution in [-0.2, 0) is 23.9 Å². The SMILES string of the molecule is CCCCCCCC(F)(F)C=CCOC(=O)CCCCCCCN(CCCCCCCC(=O)OCC=CC(F)(F)CCCCCCC)C(=O)CCCN(C)C. The average molecular weight is 791 g/mol. The fourth-order valence-electron chi connectivity index (χ4n) is 6.23. The van der Waals surface area contributed by atoms with Crippen molar-refractivity contribution in [2.24, 2.45) is 0 Å². The Balaban J connectivity index is 4.24. The van der Waals surface area contributed by atoms with E-state index in [1.807, 2.05) is 19.0 Å². The first-order valence-electron chi connectivity index (χ1n) is 21.7. The van der Waals surface area contributed by atoms with Crippen LogP contribution >= 0.6 is 0 Å². The standard InChI is InChI=1S/C44H78F4N2O5/c1-5-7-9-15-21-31-43(45,46)33-26-38-54-41(52)29-19-13-11-17-23-36-50(40(51)28-25-35-49(3)4)37-24-18-12-14-20-30-42(53)55-39-27-34-44(47,48)32-22-16-10-8-6-2/h26-27,33-34H,5-25,28-32,35-39H2,1-4H3. The summed E-state index contributed by atoms with van der Waals surface area (Å²) >= 11 is 0. The zero-order valence-electron chi connectivity index (χ0n) is 35.2. The molecule has 55 heavy (non-hydrogen) atoms. The van der Waals surface area contributed by atoms with Gasteiger partial charge in [-0.3, -0.25) is 14.4 Å². The number of allylic oxidation sites excluding steroid dienone is 2. The normalized spacial score (nSPS) is 12.3. The van der Waals surface area contributed by atoms with Gasteiger partial charge in [0, 0.05) is 45.2 Å². The van der Waals surface area contributed by atoms with Crippen LogP contribution in [0.25, 0.3) is 0 Å². The lowest BCUT2D eigenvalue weighted by Gasteiger charge is -2.23. The van der Waals surface area contributed by atoms with Gasteiger partial charge < -0.3 is 19.3 Å². The van der Waals surface area contributed by atoms with Crippen LogP contribution in [0.4, 0.5) is 17.6 Å². The summed E-state index contributed by atoms with van der Waals surface area (Å²) in [5.41, 5.74) is 0. The van der Waals surface area contributed by atoms with Gasteiger partial charge in [0.15, 0.2) is 0 Å². The Morgan fingerprint density at radius 3 is 1.29 bits per heavy atom. The number of ether oxygens (including phenoxy) is 2. The molecule has 0 heterocycles. The topological polar surface area (TPSA) is 76.1 Å².